The van der Waals surface area contributed by atoms with Gasteiger partial charge < -0.3 is 21.1 Å². The fourth-order valence-electron chi connectivity index (χ4n) is 1.91. The fraction of sp³-hybridized carbons (Fsp3) is 0.0714. The van der Waals surface area contributed by atoms with Crippen LogP contribution < -0.4 is 11.5 Å². The summed E-state index contributed by atoms with van der Waals surface area (Å²) in [5.41, 5.74) is 12.1. The Morgan fingerprint density at radius 1 is 1.36 bits per heavy atom. The van der Waals surface area contributed by atoms with Gasteiger partial charge in [-0.3, -0.25) is 4.79 Å². The number of nitrogens with two attached hydrogens (primary N) is 2. The van der Waals surface area contributed by atoms with E-state index < -0.39 is 5.91 Å². The van der Waals surface area contributed by atoms with Crippen molar-refractivity contribution in [1.29, 1.82) is 5.26 Å². The van der Waals surface area contributed by atoms with Gasteiger partial charge in [0.1, 0.15) is 11.8 Å². The molecular weight excluding hydrogens is 306 g/mol. The van der Waals surface area contributed by atoms with Crippen LogP contribution in [0.3, 0.4) is 0 Å². The number of benzene rings is 1. The van der Waals surface area contributed by atoms with Crippen LogP contribution in [-0.4, -0.2) is 21.5 Å². The minimum atomic E-state index is -0.614. The lowest BCUT2D eigenvalue weighted by atomic mass is 10.1. The highest BCUT2D eigenvalue weighted by Gasteiger charge is 2.11. The molecule has 1 aromatic heterocycles. The first-order valence-corrected chi connectivity index (χ1v) is 6.01. The van der Waals surface area contributed by atoms with E-state index in [4.69, 9.17) is 16.7 Å². The molecule has 0 aliphatic heterocycles. The summed E-state index contributed by atoms with van der Waals surface area (Å²) in [6.45, 7) is -0.251. The zero-order valence-electron chi connectivity index (χ0n) is 11.4. The maximum absolute atomic E-state index is 11.9. The van der Waals surface area contributed by atoms with Crippen LogP contribution in [0.4, 0.5) is 0 Å². The SMILES string of the molecule is Cl.N#Cc1cccn1-c1cc(CO)cc(C(=O)N=C(N)N)c1. The minimum Gasteiger partial charge on any atom is -0.392 e. The normalized spacial score (nSPS) is 9.45. The van der Waals surface area contributed by atoms with Gasteiger partial charge in [-0.25, -0.2) is 0 Å². The van der Waals surface area contributed by atoms with Crippen molar-refractivity contribution in [3.63, 3.8) is 0 Å². The van der Waals surface area contributed by atoms with Gasteiger partial charge in [-0.05, 0) is 35.9 Å². The number of carbonyl (C=O) groups excluding carboxylic acids is 1. The number of guanidine groups is 1. The average Bonchev–Trinajstić information content (AvgIpc) is 2.94. The zero-order valence-corrected chi connectivity index (χ0v) is 12.2. The van der Waals surface area contributed by atoms with Crippen molar-refractivity contribution in [3.05, 3.63) is 53.3 Å². The number of hydrogen-bond donors (Lipinski definition) is 3. The summed E-state index contributed by atoms with van der Waals surface area (Å²) in [6.07, 6.45) is 1.68. The molecule has 5 N–H and O–H groups in total. The summed E-state index contributed by atoms with van der Waals surface area (Å²) in [6, 6.07) is 10.1. The van der Waals surface area contributed by atoms with E-state index in [1.165, 1.54) is 6.07 Å². The van der Waals surface area contributed by atoms with Gasteiger partial charge in [0, 0.05) is 17.4 Å². The molecule has 1 aromatic carbocycles. The molecule has 2 aromatic rings. The predicted octanol–water partition coefficient (Wildman–Crippen LogP) is 0.677. The molecule has 0 atom stereocenters. The Morgan fingerprint density at radius 3 is 2.68 bits per heavy atom. The number of amides is 1. The van der Waals surface area contributed by atoms with Crippen molar-refractivity contribution in [2.24, 2.45) is 16.5 Å². The fourth-order valence-corrected chi connectivity index (χ4v) is 1.91. The van der Waals surface area contributed by atoms with E-state index in [1.54, 1.807) is 35.0 Å². The Morgan fingerprint density at radius 2 is 2.09 bits per heavy atom. The second-order valence-corrected chi connectivity index (χ2v) is 4.26. The summed E-state index contributed by atoms with van der Waals surface area (Å²) in [5, 5.41) is 18.4. The first kappa shape index (κ1) is 17.2. The minimum absolute atomic E-state index is 0. The number of rotatable bonds is 3. The molecular formula is C14H14ClN5O2. The molecule has 0 fully saturated rings. The van der Waals surface area contributed by atoms with Crippen molar-refractivity contribution in [1.82, 2.24) is 4.57 Å². The van der Waals surface area contributed by atoms with E-state index in [0.29, 0.717) is 16.9 Å². The lowest BCUT2D eigenvalue weighted by Gasteiger charge is -2.09. The molecule has 0 aliphatic rings. The van der Waals surface area contributed by atoms with Gasteiger partial charge >= 0.3 is 0 Å². The highest BCUT2D eigenvalue weighted by atomic mass is 35.5. The lowest BCUT2D eigenvalue weighted by molar-refractivity contribution is 0.100. The molecule has 7 nitrogen and oxygen atoms in total. The quantitative estimate of drug-likeness (QED) is 0.565. The van der Waals surface area contributed by atoms with Crippen LogP contribution in [0.5, 0.6) is 0 Å². The van der Waals surface area contributed by atoms with Gasteiger partial charge in [0.25, 0.3) is 5.91 Å². The monoisotopic (exact) mass is 319 g/mol. The topological polar surface area (TPSA) is 130 Å². The molecule has 22 heavy (non-hydrogen) atoms. The zero-order chi connectivity index (χ0) is 15.4. The summed E-state index contributed by atoms with van der Waals surface area (Å²) in [7, 11) is 0. The molecule has 0 saturated carbocycles. The predicted molar refractivity (Wildman–Crippen MR) is 83.8 cm³/mol. The number of aromatic nitrogens is 1. The first-order valence-electron chi connectivity index (χ1n) is 6.01. The smallest absolute Gasteiger partial charge is 0.280 e. The number of carbonyl (C=O) groups is 1. The Bertz CT molecular complexity index is 757. The molecule has 8 heteroatoms. The molecule has 0 saturated heterocycles. The summed E-state index contributed by atoms with van der Waals surface area (Å²) >= 11 is 0. The number of aliphatic hydroxyl groups excluding tert-OH is 1. The molecule has 0 bridgehead atoms. The van der Waals surface area contributed by atoms with Crippen LogP contribution in [0, 0.1) is 11.3 Å². The Balaban J connectivity index is 0.00000242. The summed E-state index contributed by atoms with van der Waals surface area (Å²) in [4.78, 5) is 15.4. The second-order valence-electron chi connectivity index (χ2n) is 4.26. The molecule has 0 radical (unpaired) electrons. The summed E-state index contributed by atoms with van der Waals surface area (Å²) < 4.78 is 1.60. The molecule has 1 amide bonds. The van der Waals surface area contributed by atoms with E-state index >= 15 is 0 Å². The van der Waals surface area contributed by atoms with Crippen LogP contribution in [0.25, 0.3) is 5.69 Å². The van der Waals surface area contributed by atoms with E-state index in [1.807, 2.05) is 6.07 Å². The third kappa shape index (κ3) is 3.63. The van der Waals surface area contributed by atoms with Crippen LogP contribution in [0.2, 0.25) is 0 Å². The highest BCUT2D eigenvalue weighted by Crippen LogP contribution is 2.18. The standard InChI is InChI=1S/C14H13N5O2.ClH/c15-7-11-2-1-3-19(11)12-5-9(8-20)4-10(6-12)13(21)18-14(16)17;/h1-6,20H,8H2,(H4,16,17,18,21);1H. The first-order chi connectivity index (χ1) is 10.0. The number of halogens is 1. The van der Waals surface area contributed by atoms with Gasteiger partial charge in [0.15, 0.2) is 5.96 Å². The van der Waals surface area contributed by atoms with E-state index in [2.05, 4.69) is 4.99 Å². The van der Waals surface area contributed by atoms with E-state index in [0.717, 1.165) is 0 Å². The van der Waals surface area contributed by atoms with Gasteiger partial charge in [-0.2, -0.15) is 10.3 Å². The second kappa shape index (κ2) is 7.26. The van der Waals surface area contributed by atoms with Crippen molar-refractivity contribution in [2.75, 3.05) is 0 Å². The van der Waals surface area contributed by atoms with Crippen LogP contribution in [0.1, 0.15) is 21.6 Å². The van der Waals surface area contributed by atoms with Crippen molar-refractivity contribution in [3.8, 4) is 11.8 Å². The van der Waals surface area contributed by atoms with Gasteiger partial charge in [-0.1, -0.05) is 0 Å². The summed E-state index contributed by atoms with van der Waals surface area (Å²) in [5.74, 6) is -0.952. The van der Waals surface area contributed by atoms with E-state index in [-0.39, 0.29) is 30.5 Å². The molecule has 1 heterocycles. The van der Waals surface area contributed by atoms with Crippen molar-refractivity contribution >= 4 is 24.3 Å². The Hall–Kier alpha value is -2.82. The molecule has 0 aliphatic carbocycles. The Kier molecular flexibility index (Phi) is 5.69. The van der Waals surface area contributed by atoms with Crippen molar-refractivity contribution < 1.29 is 9.90 Å². The van der Waals surface area contributed by atoms with Crippen molar-refractivity contribution in [2.45, 2.75) is 6.61 Å². The van der Waals surface area contributed by atoms with Gasteiger partial charge in [-0.15, -0.1) is 12.4 Å². The number of nitriles is 1. The highest BCUT2D eigenvalue weighted by molar-refractivity contribution is 6.02. The molecule has 114 valence electrons. The van der Waals surface area contributed by atoms with E-state index in [9.17, 15) is 9.90 Å². The molecule has 0 spiro atoms. The number of hydrogen-bond acceptors (Lipinski definition) is 3. The molecule has 2 rings (SSSR count). The largest absolute Gasteiger partial charge is 0.392 e. The lowest BCUT2D eigenvalue weighted by Crippen LogP contribution is -2.24. The van der Waals surface area contributed by atoms with Crippen LogP contribution in [0.15, 0.2) is 41.5 Å². The number of nitrogens with zero attached hydrogens (tertiary/aromatic N) is 3. The van der Waals surface area contributed by atoms with Crippen LogP contribution >= 0.6 is 12.4 Å². The third-order valence-electron chi connectivity index (χ3n) is 2.78. The maximum Gasteiger partial charge on any atom is 0.280 e. The third-order valence-corrected chi connectivity index (χ3v) is 2.78. The average molecular weight is 320 g/mol. The number of aliphatic imine (C=N–C) groups is 1. The maximum atomic E-state index is 11.9. The van der Waals surface area contributed by atoms with Crippen LogP contribution in [-0.2, 0) is 6.61 Å². The Labute approximate surface area is 132 Å². The molecule has 0 unspecified atom stereocenters. The van der Waals surface area contributed by atoms with Gasteiger partial charge in [0.2, 0.25) is 0 Å². The number of aliphatic hydroxyl groups is 1. The van der Waals surface area contributed by atoms with Gasteiger partial charge in [0.05, 0.1) is 6.61 Å².